The molecule has 0 aliphatic rings. The highest BCUT2D eigenvalue weighted by atomic mass is 35.5. The number of benzene rings is 1. The molecule has 6 nitrogen and oxygen atoms in total. The van der Waals surface area contributed by atoms with Gasteiger partial charge in [-0.2, -0.15) is 4.80 Å². The van der Waals surface area contributed by atoms with Crippen molar-refractivity contribution in [3.8, 4) is 11.3 Å². The van der Waals surface area contributed by atoms with Gasteiger partial charge in [-0.3, -0.25) is 0 Å². The minimum Gasteiger partial charge on any atom is -0.459 e. The first-order valence-electron chi connectivity index (χ1n) is 7.11. The Morgan fingerprint density at radius 2 is 2.00 bits per heavy atom. The van der Waals surface area contributed by atoms with E-state index in [1.54, 1.807) is 4.80 Å². The number of furan rings is 1. The topological polar surface area (TPSA) is 68.8 Å². The molecule has 0 spiro atoms. The van der Waals surface area contributed by atoms with Crippen molar-refractivity contribution < 1.29 is 4.42 Å². The monoisotopic (exact) mass is 317 g/mol. The molecule has 1 N–H and O–H groups in total. The van der Waals surface area contributed by atoms with Gasteiger partial charge in [0.05, 0.1) is 13.1 Å². The van der Waals surface area contributed by atoms with Gasteiger partial charge < -0.3 is 9.73 Å². The number of aromatic nitrogens is 4. The summed E-state index contributed by atoms with van der Waals surface area (Å²) in [5.74, 6) is 2.10. The summed E-state index contributed by atoms with van der Waals surface area (Å²) in [6, 6.07) is 11.4. The predicted octanol–water partition coefficient (Wildman–Crippen LogP) is 3.61. The summed E-state index contributed by atoms with van der Waals surface area (Å²) >= 11 is 5.88. The Morgan fingerprint density at radius 1 is 1.18 bits per heavy atom. The second-order valence-electron chi connectivity index (χ2n) is 4.84. The quantitative estimate of drug-likeness (QED) is 0.752. The maximum absolute atomic E-state index is 5.88. The second-order valence-corrected chi connectivity index (χ2v) is 5.27. The predicted molar refractivity (Wildman–Crippen MR) is 84.6 cm³/mol. The molecule has 3 rings (SSSR count). The van der Waals surface area contributed by atoms with Gasteiger partial charge in [0.25, 0.3) is 5.95 Å². The molecule has 0 aliphatic carbocycles. The van der Waals surface area contributed by atoms with Crippen LogP contribution in [0.2, 0.25) is 5.02 Å². The van der Waals surface area contributed by atoms with E-state index >= 15 is 0 Å². The van der Waals surface area contributed by atoms with Crippen LogP contribution in [-0.4, -0.2) is 20.2 Å². The Bertz CT molecular complexity index is 734. The van der Waals surface area contributed by atoms with Crippen molar-refractivity contribution in [3.05, 3.63) is 47.2 Å². The Hall–Kier alpha value is -2.34. The van der Waals surface area contributed by atoms with Crippen molar-refractivity contribution in [2.75, 3.05) is 5.32 Å². The van der Waals surface area contributed by atoms with Crippen LogP contribution in [0.25, 0.3) is 11.3 Å². The molecule has 1 aromatic carbocycles. The summed E-state index contributed by atoms with van der Waals surface area (Å²) in [4.78, 5) is 1.57. The third kappa shape index (κ3) is 3.46. The zero-order valence-corrected chi connectivity index (χ0v) is 12.9. The van der Waals surface area contributed by atoms with Gasteiger partial charge in [0.2, 0.25) is 0 Å². The molecule has 3 aromatic rings. The van der Waals surface area contributed by atoms with Gasteiger partial charge in [0.1, 0.15) is 11.5 Å². The van der Waals surface area contributed by atoms with Crippen LogP contribution in [-0.2, 0) is 13.1 Å². The third-order valence-corrected chi connectivity index (χ3v) is 3.34. The molecule has 114 valence electrons. The van der Waals surface area contributed by atoms with Crippen LogP contribution in [0.4, 0.5) is 5.95 Å². The summed E-state index contributed by atoms with van der Waals surface area (Å²) in [5.41, 5.74) is 0.989. The van der Waals surface area contributed by atoms with Gasteiger partial charge in [0.15, 0.2) is 0 Å². The average Bonchev–Trinajstić information content (AvgIpc) is 3.16. The summed E-state index contributed by atoms with van der Waals surface area (Å²) in [7, 11) is 0. The fraction of sp³-hybridized carbons (Fsp3) is 0.267. The SMILES string of the molecule is CCCn1nnc(NCc2ccc(-c3ccc(Cl)cc3)o2)n1. The lowest BCUT2D eigenvalue weighted by atomic mass is 10.2. The molecular formula is C15H16ClN5O. The number of hydrogen-bond donors (Lipinski definition) is 1. The maximum atomic E-state index is 5.88. The molecule has 0 aliphatic heterocycles. The number of anilines is 1. The van der Waals surface area contributed by atoms with Gasteiger partial charge in [-0.1, -0.05) is 23.6 Å². The van der Waals surface area contributed by atoms with Crippen molar-refractivity contribution >= 4 is 17.5 Å². The Balaban J connectivity index is 1.62. The number of nitrogens with one attached hydrogen (secondary N) is 1. The highest BCUT2D eigenvalue weighted by Crippen LogP contribution is 2.24. The molecule has 22 heavy (non-hydrogen) atoms. The lowest BCUT2D eigenvalue weighted by Gasteiger charge is -1.99. The molecule has 2 heterocycles. The highest BCUT2D eigenvalue weighted by Gasteiger charge is 2.06. The van der Waals surface area contributed by atoms with Crippen molar-refractivity contribution in [1.29, 1.82) is 0 Å². The number of rotatable bonds is 6. The van der Waals surface area contributed by atoms with Gasteiger partial charge >= 0.3 is 0 Å². The molecule has 0 fully saturated rings. The van der Waals surface area contributed by atoms with Gasteiger partial charge in [-0.15, -0.1) is 5.10 Å². The molecule has 0 atom stereocenters. The van der Waals surface area contributed by atoms with E-state index in [2.05, 4.69) is 27.7 Å². The molecule has 0 unspecified atom stereocenters. The fourth-order valence-corrected chi connectivity index (χ4v) is 2.14. The first-order chi connectivity index (χ1) is 10.7. The molecule has 0 radical (unpaired) electrons. The lowest BCUT2D eigenvalue weighted by Crippen LogP contribution is -2.03. The zero-order chi connectivity index (χ0) is 15.4. The first-order valence-corrected chi connectivity index (χ1v) is 7.48. The summed E-state index contributed by atoms with van der Waals surface area (Å²) in [6.45, 7) is 3.33. The van der Waals surface area contributed by atoms with E-state index in [1.165, 1.54) is 0 Å². The van der Waals surface area contributed by atoms with E-state index in [0.717, 1.165) is 30.0 Å². The summed E-state index contributed by atoms with van der Waals surface area (Å²) < 4.78 is 5.80. The van der Waals surface area contributed by atoms with Crippen LogP contribution in [0.1, 0.15) is 19.1 Å². The van der Waals surface area contributed by atoms with Crippen LogP contribution in [0.3, 0.4) is 0 Å². The summed E-state index contributed by atoms with van der Waals surface area (Å²) in [6.07, 6.45) is 0.971. The molecule has 0 saturated heterocycles. The Morgan fingerprint density at radius 3 is 2.77 bits per heavy atom. The minimum absolute atomic E-state index is 0.498. The van der Waals surface area contributed by atoms with Gasteiger partial charge in [-0.05, 0) is 48.0 Å². The van der Waals surface area contributed by atoms with E-state index in [-0.39, 0.29) is 0 Å². The van der Waals surface area contributed by atoms with E-state index in [9.17, 15) is 0 Å². The molecule has 0 bridgehead atoms. The van der Waals surface area contributed by atoms with Crippen molar-refractivity contribution in [1.82, 2.24) is 20.2 Å². The Kier molecular flexibility index (Phi) is 4.39. The van der Waals surface area contributed by atoms with Crippen LogP contribution in [0.5, 0.6) is 0 Å². The fourth-order valence-electron chi connectivity index (χ4n) is 2.02. The first kappa shape index (κ1) is 14.6. The number of halogens is 1. The van der Waals surface area contributed by atoms with Crippen LogP contribution < -0.4 is 5.32 Å². The number of tetrazole rings is 1. The number of nitrogens with zero attached hydrogens (tertiary/aromatic N) is 4. The van der Waals surface area contributed by atoms with Crippen molar-refractivity contribution in [2.45, 2.75) is 26.4 Å². The minimum atomic E-state index is 0.498. The normalized spacial score (nSPS) is 10.8. The third-order valence-electron chi connectivity index (χ3n) is 3.09. The number of hydrogen-bond acceptors (Lipinski definition) is 5. The van der Waals surface area contributed by atoms with Gasteiger partial charge in [0, 0.05) is 10.6 Å². The smallest absolute Gasteiger partial charge is 0.263 e. The van der Waals surface area contributed by atoms with Crippen LogP contribution in [0.15, 0.2) is 40.8 Å². The second kappa shape index (κ2) is 6.62. The molecule has 7 heteroatoms. The zero-order valence-electron chi connectivity index (χ0n) is 12.2. The van der Waals surface area contributed by atoms with Gasteiger partial charge in [-0.25, -0.2) is 0 Å². The molecule has 0 amide bonds. The standard InChI is InChI=1S/C15H16ClN5O/c1-2-9-21-19-15(18-20-21)17-10-13-7-8-14(22-13)11-3-5-12(16)6-4-11/h3-8H,2,9-10H2,1H3,(H,17,19). The van der Waals surface area contributed by atoms with E-state index < -0.39 is 0 Å². The van der Waals surface area contributed by atoms with E-state index in [1.807, 2.05) is 36.4 Å². The molecule has 0 saturated carbocycles. The average molecular weight is 318 g/mol. The van der Waals surface area contributed by atoms with Crippen LogP contribution in [0, 0.1) is 0 Å². The van der Waals surface area contributed by atoms with Crippen LogP contribution >= 0.6 is 11.6 Å². The Labute approximate surface area is 133 Å². The van der Waals surface area contributed by atoms with E-state index in [0.29, 0.717) is 17.5 Å². The maximum Gasteiger partial charge on any atom is 0.263 e. The highest BCUT2D eigenvalue weighted by molar-refractivity contribution is 6.30. The molecule has 2 aromatic heterocycles. The van der Waals surface area contributed by atoms with Crippen molar-refractivity contribution in [2.24, 2.45) is 0 Å². The van der Waals surface area contributed by atoms with Crippen molar-refractivity contribution in [3.63, 3.8) is 0 Å². The number of aryl methyl sites for hydroxylation is 1. The molecular weight excluding hydrogens is 302 g/mol. The van der Waals surface area contributed by atoms with E-state index in [4.69, 9.17) is 16.0 Å². The lowest BCUT2D eigenvalue weighted by molar-refractivity contribution is 0.514. The summed E-state index contributed by atoms with van der Waals surface area (Å²) in [5, 5.41) is 15.9. The largest absolute Gasteiger partial charge is 0.459 e.